The Morgan fingerprint density at radius 2 is 2.17 bits per heavy atom. The topological polar surface area (TPSA) is 68.0 Å². The minimum Gasteiger partial charge on any atom is -0.347 e. The molecule has 0 spiro atoms. The number of nitrogens with zero attached hydrogens (tertiary/aromatic N) is 1. The van der Waals surface area contributed by atoms with E-state index in [-0.39, 0.29) is 5.91 Å². The molecule has 0 aliphatic heterocycles. The van der Waals surface area contributed by atoms with E-state index in [1.165, 1.54) is 11.5 Å². The Kier molecular flexibility index (Phi) is 4.07. The molecule has 0 fully saturated rings. The Labute approximate surface area is 110 Å². The van der Waals surface area contributed by atoms with Crippen LogP contribution in [0, 0.1) is 6.92 Å². The normalized spacial score (nSPS) is 10.3. The molecule has 0 unspecified atom stereocenters. The van der Waals surface area contributed by atoms with Gasteiger partial charge in [-0.2, -0.15) is 4.37 Å². The molecular formula is C13H15N3OS. The summed E-state index contributed by atoms with van der Waals surface area (Å²) in [6.45, 7) is 2.93. The molecule has 1 amide bonds. The van der Waals surface area contributed by atoms with Gasteiger partial charge in [0.25, 0.3) is 5.91 Å². The van der Waals surface area contributed by atoms with Crippen molar-refractivity contribution in [3.63, 3.8) is 0 Å². The Morgan fingerprint density at radius 3 is 2.83 bits per heavy atom. The van der Waals surface area contributed by atoms with Crippen molar-refractivity contribution in [1.29, 1.82) is 0 Å². The lowest BCUT2D eigenvalue weighted by molar-refractivity contribution is 0.0947. The van der Waals surface area contributed by atoms with Gasteiger partial charge in [0, 0.05) is 18.0 Å². The SMILES string of the molecule is Cc1cc(C(=O)NCc2cccc(CN)c2)ns1. The summed E-state index contributed by atoms with van der Waals surface area (Å²) in [4.78, 5) is 12.8. The average molecular weight is 261 g/mol. The molecule has 0 saturated carbocycles. The number of amides is 1. The van der Waals surface area contributed by atoms with Crippen molar-refractivity contribution >= 4 is 17.4 Å². The molecule has 2 aromatic rings. The van der Waals surface area contributed by atoms with Gasteiger partial charge < -0.3 is 11.1 Å². The first-order valence-electron chi connectivity index (χ1n) is 5.68. The molecule has 4 nitrogen and oxygen atoms in total. The lowest BCUT2D eigenvalue weighted by Crippen LogP contribution is -2.23. The average Bonchev–Trinajstić information content (AvgIpc) is 2.83. The highest BCUT2D eigenvalue weighted by molar-refractivity contribution is 7.05. The van der Waals surface area contributed by atoms with Crippen LogP contribution in [0.25, 0.3) is 0 Å². The number of rotatable bonds is 4. The summed E-state index contributed by atoms with van der Waals surface area (Å²) in [5.74, 6) is -0.141. The quantitative estimate of drug-likeness (QED) is 0.882. The van der Waals surface area contributed by atoms with Gasteiger partial charge in [0.2, 0.25) is 0 Å². The van der Waals surface area contributed by atoms with Crippen LogP contribution in [-0.4, -0.2) is 10.3 Å². The summed E-state index contributed by atoms with van der Waals surface area (Å²) in [7, 11) is 0. The number of hydrogen-bond donors (Lipinski definition) is 2. The molecule has 0 atom stereocenters. The Morgan fingerprint density at radius 1 is 1.39 bits per heavy atom. The lowest BCUT2D eigenvalue weighted by atomic mass is 10.1. The molecule has 0 bridgehead atoms. The second-order valence-electron chi connectivity index (χ2n) is 4.03. The monoisotopic (exact) mass is 261 g/mol. The maximum Gasteiger partial charge on any atom is 0.271 e. The van der Waals surface area contributed by atoms with Crippen molar-refractivity contribution < 1.29 is 4.79 Å². The van der Waals surface area contributed by atoms with E-state index in [9.17, 15) is 4.79 Å². The van der Waals surface area contributed by atoms with E-state index >= 15 is 0 Å². The van der Waals surface area contributed by atoms with Crippen LogP contribution in [0.3, 0.4) is 0 Å². The van der Waals surface area contributed by atoms with E-state index in [1.807, 2.05) is 31.2 Å². The van der Waals surface area contributed by atoms with Gasteiger partial charge in [-0.3, -0.25) is 4.79 Å². The molecule has 94 valence electrons. The molecule has 0 radical (unpaired) electrons. The first kappa shape index (κ1) is 12.7. The van der Waals surface area contributed by atoms with Gasteiger partial charge in [-0.05, 0) is 35.6 Å². The van der Waals surface area contributed by atoms with Crippen LogP contribution in [0.15, 0.2) is 30.3 Å². The van der Waals surface area contributed by atoms with E-state index in [0.29, 0.717) is 18.8 Å². The van der Waals surface area contributed by atoms with Crippen LogP contribution >= 0.6 is 11.5 Å². The minimum atomic E-state index is -0.141. The highest BCUT2D eigenvalue weighted by Gasteiger charge is 2.08. The molecule has 0 saturated heterocycles. The first-order chi connectivity index (χ1) is 8.69. The predicted octanol–water partition coefficient (Wildman–Crippen LogP) is 1.84. The molecular weight excluding hydrogens is 246 g/mol. The Bertz CT molecular complexity index is 551. The number of nitrogens with two attached hydrogens (primary N) is 1. The Balaban J connectivity index is 1.97. The molecule has 1 aromatic carbocycles. The van der Waals surface area contributed by atoms with Crippen molar-refractivity contribution in [2.45, 2.75) is 20.0 Å². The molecule has 2 rings (SSSR count). The van der Waals surface area contributed by atoms with E-state index in [4.69, 9.17) is 5.73 Å². The summed E-state index contributed by atoms with van der Waals surface area (Å²) < 4.78 is 4.07. The maximum atomic E-state index is 11.8. The van der Waals surface area contributed by atoms with Crippen molar-refractivity contribution in [3.8, 4) is 0 Å². The fourth-order valence-electron chi connectivity index (χ4n) is 1.61. The maximum absolute atomic E-state index is 11.8. The molecule has 5 heteroatoms. The standard InChI is InChI=1S/C13H15N3OS/c1-9-5-12(16-18-9)13(17)15-8-11-4-2-3-10(6-11)7-14/h2-6H,7-8,14H2,1H3,(H,15,17). The van der Waals surface area contributed by atoms with E-state index in [0.717, 1.165) is 16.0 Å². The number of carbonyl (C=O) groups is 1. The van der Waals surface area contributed by atoms with Gasteiger partial charge in [-0.1, -0.05) is 24.3 Å². The summed E-state index contributed by atoms with van der Waals surface area (Å²) in [5, 5.41) is 2.84. The summed E-state index contributed by atoms with van der Waals surface area (Å²) >= 11 is 1.33. The largest absolute Gasteiger partial charge is 0.347 e. The number of hydrogen-bond acceptors (Lipinski definition) is 4. The fourth-order valence-corrected chi connectivity index (χ4v) is 2.16. The number of aromatic nitrogens is 1. The summed E-state index contributed by atoms with van der Waals surface area (Å²) in [6.07, 6.45) is 0. The second kappa shape index (κ2) is 5.75. The number of carbonyl (C=O) groups excluding carboxylic acids is 1. The van der Waals surface area contributed by atoms with Crippen molar-refractivity contribution in [3.05, 3.63) is 52.0 Å². The third kappa shape index (κ3) is 3.15. The highest BCUT2D eigenvalue weighted by atomic mass is 32.1. The van der Waals surface area contributed by atoms with Gasteiger partial charge in [0.1, 0.15) is 5.69 Å². The zero-order valence-electron chi connectivity index (χ0n) is 10.1. The third-order valence-corrected chi connectivity index (χ3v) is 3.23. The van der Waals surface area contributed by atoms with Gasteiger partial charge in [0.05, 0.1) is 0 Å². The van der Waals surface area contributed by atoms with Gasteiger partial charge >= 0.3 is 0 Å². The van der Waals surface area contributed by atoms with Crippen LogP contribution in [0.4, 0.5) is 0 Å². The Hall–Kier alpha value is -1.72. The molecule has 1 aromatic heterocycles. The first-order valence-corrected chi connectivity index (χ1v) is 6.46. The van der Waals surface area contributed by atoms with Crippen LogP contribution < -0.4 is 11.1 Å². The van der Waals surface area contributed by atoms with Crippen LogP contribution in [0.2, 0.25) is 0 Å². The predicted molar refractivity (Wildman–Crippen MR) is 72.4 cm³/mol. The highest BCUT2D eigenvalue weighted by Crippen LogP contribution is 2.08. The van der Waals surface area contributed by atoms with Crippen LogP contribution in [-0.2, 0) is 13.1 Å². The van der Waals surface area contributed by atoms with Gasteiger partial charge in [-0.15, -0.1) is 0 Å². The van der Waals surface area contributed by atoms with E-state index in [1.54, 1.807) is 6.07 Å². The fraction of sp³-hybridized carbons (Fsp3) is 0.231. The number of aryl methyl sites for hydroxylation is 1. The van der Waals surface area contributed by atoms with E-state index < -0.39 is 0 Å². The zero-order valence-corrected chi connectivity index (χ0v) is 11.0. The van der Waals surface area contributed by atoms with Gasteiger partial charge in [-0.25, -0.2) is 0 Å². The molecule has 0 aliphatic carbocycles. The van der Waals surface area contributed by atoms with Crippen LogP contribution in [0.1, 0.15) is 26.5 Å². The number of nitrogens with one attached hydrogen (secondary N) is 1. The second-order valence-corrected chi connectivity index (χ2v) is 5.04. The van der Waals surface area contributed by atoms with Crippen molar-refractivity contribution in [2.24, 2.45) is 5.73 Å². The van der Waals surface area contributed by atoms with E-state index in [2.05, 4.69) is 9.69 Å². The third-order valence-electron chi connectivity index (χ3n) is 2.54. The summed E-state index contributed by atoms with van der Waals surface area (Å²) in [6, 6.07) is 9.65. The molecule has 3 N–H and O–H groups in total. The minimum absolute atomic E-state index is 0.141. The smallest absolute Gasteiger partial charge is 0.271 e. The van der Waals surface area contributed by atoms with Crippen LogP contribution in [0.5, 0.6) is 0 Å². The molecule has 0 aliphatic rings. The zero-order chi connectivity index (χ0) is 13.0. The summed E-state index contributed by atoms with van der Waals surface area (Å²) in [5.41, 5.74) is 8.15. The van der Waals surface area contributed by atoms with Crippen molar-refractivity contribution in [2.75, 3.05) is 0 Å². The van der Waals surface area contributed by atoms with Gasteiger partial charge in [0.15, 0.2) is 0 Å². The van der Waals surface area contributed by atoms with Crippen molar-refractivity contribution in [1.82, 2.24) is 9.69 Å². The molecule has 1 heterocycles. The molecule has 18 heavy (non-hydrogen) atoms. The number of benzene rings is 1. The lowest BCUT2D eigenvalue weighted by Gasteiger charge is -2.05.